The summed E-state index contributed by atoms with van der Waals surface area (Å²) in [4.78, 5) is 25.0. The molecule has 0 aliphatic heterocycles. The Morgan fingerprint density at radius 3 is 2.36 bits per heavy atom. The minimum Gasteiger partial charge on any atom is -0.497 e. The zero-order valence-corrected chi connectivity index (χ0v) is 13.8. The summed E-state index contributed by atoms with van der Waals surface area (Å²) in [6.07, 6.45) is 0. The number of carbonyl (C=O) groups excluding carboxylic acids is 1. The van der Waals surface area contributed by atoms with E-state index in [1.807, 2.05) is 0 Å². The highest BCUT2D eigenvalue weighted by Crippen LogP contribution is 2.32. The smallest absolute Gasteiger partial charge is 0.265 e. The van der Waals surface area contributed by atoms with Crippen molar-refractivity contribution in [2.75, 3.05) is 7.11 Å². The van der Waals surface area contributed by atoms with Gasteiger partial charge in [0.15, 0.2) is 0 Å². The van der Waals surface area contributed by atoms with E-state index >= 15 is 0 Å². The SMILES string of the molecule is COc1ccc(S(=O)(=O)c2cc(N=O)c3[nH]c(C(N)=O)cc3c2)cc1. The van der Waals surface area contributed by atoms with Crippen LogP contribution < -0.4 is 10.5 Å². The first kappa shape index (κ1) is 16.7. The highest BCUT2D eigenvalue weighted by atomic mass is 32.2. The van der Waals surface area contributed by atoms with Gasteiger partial charge in [-0.1, -0.05) is 0 Å². The number of aromatic nitrogens is 1. The van der Waals surface area contributed by atoms with Gasteiger partial charge in [-0.3, -0.25) is 4.79 Å². The van der Waals surface area contributed by atoms with Gasteiger partial charge in [0.05, 0.1) is 22.4 Å². The van der Waals surface area contributed by atoms with E-state index in [2.05, 4.69) is 10.2 Å². The summed E-state index contributed by atoms with van der Waals surface area (Å²) in [5.41, 5.74) is 5.38. The van der Waals surface area contributed by atoms with Gasteiger partial charge in [-0.15, -0.1) is 4.91 Å². The number of carbonyl (C=O) groups is 1. The van der Waals surface area contributed by atoms with Crippen LogP contribution in [0.5, 0.6) is 5.75 Å². The second kappa shape index (κ2) is 6.02. The number of methoxy groups -OCH3 is 1. The number of ether oxygens (including phenoxy) is 1. The molecule has 0 bridgehead atoms. The average molecular weight is 359 g/mol. The number of amides is 1. The number of nitrogens with two attached hydrogens (primary N) is 1. The molecule has 3 rings (SSSR count). The third kappa shape index (κ3) is 2.85. The number of rotatable bonds is 5. The number of nitrogens with zero attached hydrogens (tertiary/aromatic N) is 1. The van der Waals surface area contributed by atoms with Crippen LogP contribution in [0.4, 0.5) is 5.69 Å². The van der Waals surface area contributed by atoms with Crippen molar-refractivity contribution in [2.24, 2.45) is 10.9 Å². The van der Waals surface area contributed by atoms with Crippen molar-refractivity contribution >= 4 is 32.3 Å². The lowest BCUT2D eigenvalue weighted by atomic mass is 10.2. The Bertz CT molecular complexity index is 1080. The first-order valence-corrected chi connectivity index (χ1v) is 8.54. The molecule has 0 radical (unpaired) electrons. The van der Waals surface area contributed by atoms with Crippen LogP contribution in [0.25, 0.3) is 10.9 Å². The number of nitroso groups, excluding NO2 is 1. The third-order valence-corrected chi connectivity index (χ3v) is 5.47. The number of nitrogens with one attached hydrogen (secondary N) is 1. The van der Waals surface area contributed by atoms with Gasteiger partial charge in [-0.2, -0.15) is 0 Å². The number of sulfone groups is 1. The Balaban J connectivity index is 2.19. The lowest BCUT2D eigenvalue weighted by Gasteiger charge is -2.07. The summed E-state index contributed by atoms with van der Waals surface area (Å²) in [7, 11) is -2.41. The highest BCUT2D eigenvalue weighted by Gasteiger charge is 2.21. The highest BCUT2D eigenvalue weighted by molar-refractivity contribution is 7.91. The molecule has 0 aliphatic rings. The second-order valence-electron chi connectivity index (χ2n) is 5.22. The molecular formula is C16H13N3O5S. The topological polar surface area (TPSA) is 132 Å². The van der Waals surface area contributed by atoms with Crippen molar-refractivity contribution in [3.63, 3.8) is 0 Å². The minimum absolute atomic E-state index is 0.0372. The molecule has 1 amide bonds. The average Bonchev–Trinajstić information content (AvgIpc) is 3.05. The van der Waals surface area contributed by atoms with Crippen LogP contribution in [0.15, 0.2) is 57.4 Å². The zero-order valence-electron chi connectivity index (χ0n) is 13.0. The second-order valence-corrected chi connectivity index (χ2v) is 7.17. The summed E-state index contributed by atoms with van der Waals surface area (Å²) in [5.74, 6) is -0.214. The maximum Gasteiger partial charge on any atom is 0.265 e. The van der Waals surface area contributed by atoms with E-state index < -0.39 is 15.7 Å². The minimum atomic E-state index is -3.88. The molecule has 8 nitrogen and oxygen atoms in total. The molecule has 3 aromatic rings. The molecule has 0 unspecified atom stereocenters. The number of aromatic amines is 1. The summed E-state index contributed by atoms with van der Waals surface area (Å²) in [5, 5.41) is 3.19. The number of fused-ring (bicyclic) bond motifs is 1. The van der Waals surface area contributed by atoms with Gasteiger partial charge in [0.2, 0.25) is 9.84 Å². The standard InChI is InChI=1S/C16H13N3O5S/c1-24-10-2-4-11(5-3-10)25(22,23)12-6-9-7-14(16(17)20)18-15(9)13(8-12)19-21/h2-8,18H,1H3,(H2,17,20). The molecule has 128 valence electrons. The normalized spacial score (nSPS) is 11.4. The number of benzene rings is 2. The van der Waals surface area contributed by atoms with Crippen molar-refractivity contribution in [3.8, 4) is 5.75 Å². The van der Waals surface area contributed by atoms with E-state index in [0.717, 1.165) is 6.07 Å². The van der Waals surface area contributed by atoms with Gasteiger partial charge in [-0.25, -0.2) is 8.42 Å². The third-order valence-electron chi connectivity index (χ3n) is 3.72. The van der Waals surface area contributed by atoms with Crippen molar-refractivity contribution in [1.29, 1.82) is 0 Å². The maximum atomic E-state index is 12.8. The van der Waals surface area contributed by atoms with Crippen LogP contribution in [-0.2, 0) is 9.84 Å². The van der Waals surface area contributed by atoms with Gasteiger partial charge in [0, 0.05) is 5.39 Å². The van der Waals surface area contributed by atoms with E-state index in [-0.39, 0.29) is 26.7 Å². The molecule has 1 aromatic heterocycles. The summed E-state index contributed by atoms with van der Waals surface area (Å²) >= 11 is 0. The number of primary amides is 1. The number of hydrogen-bond acceptors (Lipinski definition) is 6. The predicted molar refractivity (Wildman–Crippen MR) is 90.7 cm³/mol. The Hall–Kier alpha value is -3.20. The molecule has 0 atom stereocenters. The molecule has 0 saturated carbocycles. The first-order valence-electron chi connectivity index (χ1n) is 7.06. The molecular weight excluding hydrogens is 346 g/mol. The number of hydrogen-bond donors (Lipinski definition) is 2. The van der Waals surface area contributed by atoms with E-state index in [1.165, 1.54) is 43.5 Å². The molecule has 3 N–H and O–H groups in total. The fourth-order valence-corrected chi connectivity index (χ4v) is 3.76. The van der Waals surface area contributed by atoms with Crippen molar-refractivity contribution in [3.05, 3.63) is 53.1 Å². The molecule has 0 spiro atoms. The Morgan fingerprint density at radius 2 is 1.80 bits per heavy atom. The van der Waals surface area contributed by atoms with Crippen molar-refractivity contribution in [1.82, 2.24) is 4.98 Å². The Labute approximate surface area is 142 Å². The first-order chi connectivity index (χ1) is 11.9. The largest absolute Gasteiger partial charge is 0.497 e. The summed E-state index contributed by atoms with van der Waals surface area (Å²) < 4.78 is 30.6. The molecule has 25 heavy (non-hydrogen) atoms. The molecule has 0 saturated heterocycles. The monoisotopic (exact) mass is 359 g/mol. The van der Waals surface area contributed by atoms with Gasteiger partial charge in [0.25, 0.3) is 5.91 Å². The van der Waals surface area contributed by atoms with Crippen LogP contribution in [0, 0.1) is 4.91 Å². The van der Waals surface area contributed by atoms with Crippen LogP contribution in [0.1, 0.15) is 10.5 Å². The Morgan fingerprint density at radius 1 is 1.12 bits per heavy atom. The lowest BCUT2D eigenvalue weighted by Crippen LogP contribution is -2.10. The van der Waals surface area contributed by atoms with E-state index in [4.69, 9.17) is 10.5 Å². The van der Waals surface area contributed by atoms with Gasteiger partial charge >= 0.3 is 0 Å². The number of H-pyrrole nitrogens is 1. The van der Waals surface area contributed by atoms with Crippen molar-refractivity contribution < 1.29 is 17.9 Å². The molecule has 0 aliphatic carbocycles. The summed E-state index contributed by atoms with van der Waals surface area (Å²) in [6.45, 7) is 0. The van der Waals surface area contributed by atoms with Gasteiger partial charge in [0.1, 0.15) is 17.1 Å². The van der Waals surface area contributed by atoms with E-state index in [1.54, 1.807) is 0 Å². The van der Waals surface area contributed by atoms with E-state index in [9.17, 15) is 18.1 Å². The van der Waals surface area contributed by atoms with Crippen LogP contribution >= 0.6 is 0 Å². The fourth-order valence-electron chi connectivity index (χ4n) is 2.45. The quantitative estimate of drug-likeness (QED) is 0.676. The van der Waals surface area contributed by atoms with Crippen LogP contribution in [0.3, 0.4) is 0 Å². The lowest BCUT2D eigenvalue weighted by molar-refractivity contribution is 0.0996. The van der Waals surface area contributed by atoms with Crippen LogP contribution in [0.2, 0.25) is 0 Å². The molecule has 2 aromatic carbocycles. The Kier molecular flexibility index (Phi) is 4.01. The zero-order chi connectivity index (χ0) is 18.2. The summed E-state index contributed by atoms with van der Waals surface area (Å²) in [6, 6.07) is 9.72. The molecule has 1 heterocycles. The predicted octanol–water partition coefficient (Wildman–Crippen LogP) is 2.51. The van der Waals surface area contributed by atoms with E-state index in [0.29, 0.717) is 11.1 Å². The fraction of sp³-hybridized carbons (Fsp3) is 0.0625. The van der Waals surface area contributed by atoms with Gasteiger partial charge < -0.3 is 15.5 Å². The maximum absolute atomic E-state index is 12.8. The van der Waals surface area contributed by atoms with Crippen LogP contribution in [-0.4, -0.2) is 26.4 Å². The van der Waals surface area contributed by atoms with Crippen molar-refractivity contribution in [2.45, 2.75) is 9.79 Å². The molecule has 9 heteroatoms. The van der Waals surface area contributed by atoms with Gasteiger partial charge in [-0.05, 0) is 47.6 Å². The molecule has 0 fully saturated rings.